The lowest BCUT2D eigenvalue weighted by Gasteiger charge is -2.08. The molecule has 11 heteroatoms. The van der Waals surface area contributed by atoms with Crippen LogP contribution in [0.3, 0.4) is 0 Å². The maximum absolute atomic E-state index is 12.8. The van der Waals surface area contributed by atoms with E-state index >= 15 is 0 Å². The van der Waals surface area contributed by atoms with Crippen molar-refractivity contribution in [3.05, 3.63) is 52.7 Å². The molecule has 0 saturated carbocycles. The molecule has 0 fully saturated rings. The number of fused-ring (bicyclic) bond motifs is 2. The van der Waals surface area contributed by atoms with Crippen LogP contribution in [0, 0.1) is 6.92 Å². The number of benzene rings is 1. The minimum absolute atomic E-state index is 0.246. The highest BCUT2D eigenvalue weighted by atomic mass is 32.2. The van der Waals surface area contributed by atoms with Gasteiger partial charge in [0.25, 0.3) is 10.0 Å². The quantitative estimate of drug-likeness (QED) is 0.403. The first-order valence-electron chi connectivity index (χ1n) is 9.75. The Morgan fingerprint density at radius 2 is 1.56 bits per heavy atom. The monoisotopic (exact) mass is 488 g/mol. The first kappa shape index (κ1) is 22.3. The maximum Gasteiger partial charge on any atom is 0.284 e. The van der Waals surface area contributed by atoms with Gasteiger partial charge in [-0.2, -0.15) is 13.5 Å². The standard InChI is InChI=1S/C14H15N3O2S2.C7H9N3S/c1-10-4-6-11(7-5-10)21(18,19)17-14-12(8-9-20-14)13(15-17)16(2)3;1-10(2)6-5-3-4-11-7(5)9-8-6/h4-9H,1-3H3;3-4H,1-2H3,(H,8,9). The molecular formula is C21H24N6O2S3. The molecule has 0 spiro atoms. The van der Waals surface area contributed by atoms with Crippen molar-refractivity contribution < 1.29 is 8.42 Å². The second-order valence-electron chi connectivity index (χ2n) is 7.62. The summed E-state index contributed by atoms with van der Waals surface area (Å²) in [6.45, 7) is 1.92. The van der Waals surface area contributed by atoms with Crippen molar-refractivity contribution in [2.24, 2.45) is 0 Å². The fourth-order valence-corrected chi connectivity index (χ4v) is 6.26. The molecule has 0 aliphatic rings. The highest BCUT2D eigenvalue weighted by Gasteiger charge is 2.24. The smallest absolute Gasteiger partial charge is 0.284 e. The number of aromatic nitrogens is 4. The molecule has 0 radical (unpaired) electrons. The molecule has 0 aliphatic carbocycles. The number of rotatable bonds is 4. The lowest BCUT2D eigenvalue weighted by Crippen LogP contribution is -2.16. The van der Waals surface area contributed by atoms with Crippen molar-refractivity contribution >= 4 is 64.8 Å². The Balaban J connectivity index is 0.000000186. The topological polar surface area (TPSA) is 87.1 Å². The summed E-state index contributed by atoms with van der Waals surface area (Å²) in [6.07, 6.45) is 0. The third-order valence-corrected chi connectivity index (χ3v) is 8.22. The summed E-state index contributed by atoms with van der Waals surface area (Å²) in [6, 6.07) is 10.8. The van der Waals surface area contributed by atoms with Gasteiger partial charge in [0.05, 0.1) is 15.7 Å². The SMILES string of the molecule is CN(C)c1[nH]nc2sccc12.Cc1ccc(S(=O)(=O)n2nc(N(C)C)c3ccsc32)cc1. The number of aryl methyl sites for hydroxylation is 1. The van der Waals surface area contributed by atoms with E-state index in [0.29, 0.717) is 10.6 Å². The van der Waals surface area contributed by atoms with Crippen LogP contribution in [-0.2, 0) is 10.0 Å². The molecule has 0 amide bonds. The van der Waals surface area contributed by atoms with Crippen molar-refractivity contribution in [2.75, 3.05) is 38.0 Å². The van der Waals surface area contributed by atoms with Gasteiger partial charge in [-0.15, -0.1) is 31.9 Å². The van der Waals surface area contributed by atoms with Gasteiger partial charge in [-0.05, 0) is 41.9 Å². The molecule has 5 rings (SSSR count). The zero-order chi connectivity index (χ0) is 23.0. The van der Waals surface area contributed by atoms with Gasteiger partial charge in [0.15, 0.2) is 5.82 Å². The first-order chi connectivity index (χ1) is 15.2. The van der Waals surface area contributed by atoms with Crippen LogP contribution < -0.4 is 9.80 Å². The maximum atomic E-state index is 12.8. The molecule has 8 nitrogen and oxygen atoms in total. The van der Waals surface area contributed by atoms with Crippen LogP contribution in [-0.4, -0.2) is 56.0 Å². The summed E-state index contributed by atoms with van der Waals surface area (Å²) in [4.78, 5) is 5.81. The summed E-state index contributed by atoms with van der Waals surface area (Å²) in [5, 5.41) is 17.4. The lowest BCUT2D eigenvalue weighted by atomic mass is 10.2. The first-order valence-corrected chi connectivity index (χ1v) is 12.9. The number of H-pyrrole nitrogens is 1. The molecule has 168 valence electrons. The van der Waals surface area contributed by atoms with Gasteiger partial charge < -0.3 is 9.80 Å². The van der Waals surface area contributed by atoms with Gasteiger partial charge in [-0.25, -0.2) is 0 Å². The summed E-state index contributed by atoms with van der Waals surface area (Å²) in [5.41, 5.74) is 1.02. The number of thiophene rings is 2. The van der Waals surface area contributed by atoms with Gasteiger partial charge in [0.1, 0.15) is 15.5 Å². The van der Waals surface area contributed by atoms with Gasteiger partial charge in [-0.1, -0.05) is 17.7 Å². The second kappa shape index (κ2) is 8.57. The third-order valence-electron chi connectivity index (χ3n) is 4.83. The number of nitrogens with zero attached hydrogens (tertiary/aromatic N) is 5. The molecule has 1 aromatic carbocycles. The minimum atomic E-state index is -3.68. The van der Waals surface area contributed by atoms with Crippen LogP contribution in [0.4, 0.5) is 11.6 Å². The Labute approximate surface area is 194 Å². The second-order valence-corrected chi connectivity index (χ2v) is 11.2. The summed E-state index contributed by atoms with van der Waals surface area (Å²) in [5.74, 6) is 1.74. The van der Waals surface area contributed by atoms with Crippen molar-refractivity contribution in [2.45, 2.75) is 11.8 Å². The zero-order valence-corrected chi connectivity index (χ0v) is 20.8. The van der Waals surface area contributed by atoms with Crippen molar-refractivity contribution in [3.63, 3.8) is 0 Å². The lowest BCUT2D eigenvalue weighted by molar-refractivity contribution is 0.582. The van der Waals surface area contributed by atoms with Crippen LogP contribution >= 0.6 is 22.7 Å². The zero-order valence-electron chi connectivity index (χ0n) is 18.4. The van der Waals surface area contributed by atoms with Crippen molar-refractivity contribution in [1.82, 2.24) is 19.4 Å². The summed E-state index contributed by atoms with van der Waals surface area (Å²) >= 11 is 3.03. The summed E-state index contributed by atoms with van der Waals surface area (Å²) < 4.78 is 26.7. The number of nitrogens with one attached hydrogen (secondary N) is 1. The molecule has 4 heterocycles. The predicted octanol–water partition coefficient (Wildman–Crippen LogP) is 4.40. The van der Waals surface area contributed by atoms with Gasteiger partial charge in [0, 0.05) is 28.2 Å². The Morgan fingerprint density at radius 3 is 2.22 bits per heavy atom. The molecule has 0 atom stereocenters. The normalized spacial score (nSPS) is 11.5. The molecule has 32 heavy (non-hydrogen) atoms. The number of hydrogen-bond donors (Lipinski definition) is 1. The van der Waals surface area contributed by atoms with E-state index in [1.165, 1.54) is 16.7 Å². The van der Waals surface area contributed by atoms with Crippen LogP contribution in [0.15, 0.2) is 52.1 Å². The molecule has 1 N–H and O–H groups in total. The molecule has 0 unspecified atom stereocenters. The van der Waals surface area contributed by atoms with E-state index in [4.69, 9.17) is 0 Å². The van der Waals surface area contributed by atoms with E-state index in [2.05, 4.69) is 26.7 Å². The van der Waals surface area contributed by atoms with Crippen LogP contribution in [0.5, 0.6) is 0 Å². The predicted molar refractivity (Wildman–Crippen MR) is 134 cm³/mol. The highest BCUT2D eigenvalue weighted by molar-refractivity contribution is 7.90. The fourth-order valence-electron chi connectivity index (χ4n) is 3.18. The van der Waals surface area contributed by atoms with Gasteiger partial charge >= 0.3 is 0 Å². The molecule has 0 saturated heterocycles. The van der Waals surface area contributed by atoms with Crippen LogP contribution in [0.2, 0.25) is 0 Å². The van der Waals surface area contributed by atoms with Crippen molar-refractivity contribution in [1.29, 1.82) is 0 Å². The van der Waals surface area contributed by atoms with E-state index in [1.807, 2.05) is 56.4 Å². The van der Waals surface area contributed by atoms with Crippen molar-refractivity contribution in [3.8, 4) is 0 Å². The minimum Gasteiger partial charge on any atom is -0.363 e. The largest absolute Gasteiger partial charge is 0.363 e. The molecule has 0 bridgehead atoms. The highest BCUT2D eigenvalue weighted by Crippen LogP contribution is 2.32. The van der Waals surface area contributed by atoms with E-state index in [9.17, 15) is 8.42 Å². The Kier molecular flexibility index (Phi) is 5.97. The van der Waals surface area contributed by atoms with Gasteiger partial charge in [-0.3, -0.25) is 5.10 Å². The van der Waals surface area contributed by atoms with Gasteiger partial charge in [0.2, 0.25) is 0 Å². The Hall–Kier alpha value is -2.89. The fraction of sp³-hybridized carbons (Fsp3) is 0.238. The number of anilines is 2. The van der Waals surface area contributed by atoms with E-state index in [1.54, 1.807) is 35.6 Å². The Morgan fingerprint density at radius 1 is 0.906 bits per heavy atom. The Bertz CT molecular complexity index is 1460. The van der Waals surface area contributed by atoms with Crippen LogP contribution in [0.1, 0.15) is 5.56 Å². The molecular weight excluding hydrogens is 464 g/mol. The third kappa shape index (κ3) is 3.98. The van der Waals surface area contributed by atoms with E-state index in [0.717, 1.165) is 25.7 Å². The number of hydrogen-bond acceptors (Lipinski definition) is 8. The average molecular weight is 489 g/mol. The molecule has 5 aromatic rings. The van der Waals surface area contributed by atoms with E-state index in [-0.39, 0.29) is 4.90 Å². The average Bonchev–Trinajstić information content (AvgIpc) is 3.48. The van der Waals surface area contributed by atoms with Crippen LogP contribution in [0.25, 0.3) is 20.4 Å². The number of aromatic amines is 1. The molecule has 0 aliphatic heterocycles. The van der Waals surface area contributed by atoms with E-state index < -0.39 is 10.0 Å². The summed E-state index contributed by atoms with van der Waals surface area (Å²) in [7, 11) is 4.03. The molecule has 4 aromatic heterocycles.